The predicted octanol–water partition coefficient (Wildman–Crippen LogP) is 2.05. The van der Waals surface area contributed by atoms with Crippen molar-refractivity contribution in [3.8, 4) is 11.5 Å². The summed E-state index contributed by atoms with van der Waals surface area (Å²) in [5.41, 5.74) is 8.35. The molecule has 0 saturated carbocycles. The lowest BCUT2D eigenvalue weighted by atomic mass is 10.3. The van der Waals surface area contributed by atoms with Gasteiger partial charge in [-0.2, -0.15) is 0 Å². The Kier molecular flexibility index (Phi) is 2.63. The number of rotatable bonds is 2. The predicted molar refractivity (Wildman–Crippen MR) is 73.4 cm³/mol. The molecule has 0 amide bonds. The van der Waals surface area contributed by atoms with Gasteiger partial charge < -0.3 is 10.3 Å². The summed E-state index contributed by atoms with van der Waals surface area (Å²) < 4.78 is 2.09. The Morgan fingerprint density at radius 2 is 1.95 bits per heavy atom. The Morgan fingerprint density at radius 1 is 1.16 bits per heavy atom. The number of nitrogens with two attached hydrogens (primary N) is 1. The third-order valence-electron chi connectivity index (χ3n) is 2.95. The molecule has 0 aromatic carbocycles. The molecule has 3 aromatic heterocycles. The molecule has 0 aliphatic carbocycles. The summed E-state index contributed by atoms with van der Waals surface area (Å²) in [6.45, 7) is 4.19. The van der Waals surface area contributed by atoms with E-state index in [1.165, 1.54) is 0 Å². The lowest BCUT2D eigenvalue weighted by Crippen LogP contribution is -2.06. The van der Waals surface area contributed by atoms with Crippen molar-refractivity contribution in [1.29, 1.82) is 0 Å². The molecule has 6 nitrogen and oxygen atoms in total. The SMILES string of the molecule is CC(C)n1c(-c2nccnc2N)nc2cnccc21. The van der Waals surface area contributed by atoms with Crippen LogP contribution in [0.3, 0.4) is 0 Å². The summed E-state index contributed by atoms with van der Waals surface area (Å²) in [4.78, 5) is 17.1. The molecule has 0 aliphatic heterocycles. The summed E-state index contributed by atoms with van der Waals surface area (Å²) in [7, 11) is 0. The molecule has 0 radical (unpaired) electrons. The molecule has 19 heavy (non-hydrogen) atoms. The van der Waals surface area contributed by atoms with Gasteiger partial charge in [0.25, 0.3) is 0 Å². The summed E-state index contributed by atoms with van der Waals surface area (Å²) in [6, 6.07) is 2.18. The Morgan fingerprint density at radius 3 is 2.68 bits per heavy atom. The van der Waals surface area contributed by atoms with Gasteiger partial charge in [0.15, 0.2) is 11.6 Å². The van der Waals surface area contributed by atoms with Crippen LogP contribution < -0.4 is 5.73 Å². The number of aromatic nitrogens is 5. The maximum Gasteiger partial charge on any atom is 0.163 e. The number of fused-ring (bicyclic) bond motifs is 1. The summed E-state index contributed by atoms with van der Waals surface area (Å²) in [5.74, 6) is 1.11. The maximum atomic E-state index is 5.90. The zero-order valence-corrected chi connectivity index (χ0v) is 10.8. The molecule has 0 aliphatic rings. The fraction of sp³-hybridized carbons (Fsp3) is 0.231. The van der Waals surface area contributed by atoms with Crippen molar-refractivity contribution in [2.24, 2.45) is 0 Å². The summed E-state index contributed by atoms with van der Waals surface area (Å²) in [6.07, 6.45) is 6.69. The van der Waals surface area contributed by atoms with Crippen LogP contribution in [0.15, 0.2) is 30.9 Å². The largest absolute Gasteiger partial charge is 0.382 e. The third-order valence-corrected chi connectivity index (χ3v) is 2.95. The van der Waals surface area contributed by atoms with E-state index >= 15 is 0 Å². The number of hydrogen-bond donors (Lipinski definition) is 1. The summed E-state index contributed by atoms with van der Waals surface area (Å²) >= 11 is 0. The lowest BCUT2D eigenvalue weighted by Gasteiger charge is -2.12. The zero-order chi connectivity index (χ0) is 13.4. The highest BCUT2D eigenvalue weighted by atomic mass is 15.1. The quantitative estimate of drug-likeness (QED) is 0.756. The average molecular weight is 254 g/mol. The molecule has 3 heterocycles. The van der Waals surface area contributed by atoms with Crippen molar-refractivity contribution in [3.63, 3.8) is 0 Å². The first-order chi connectivity index (χ1) is 9.18. The van der Waals surface area contributed by atoms with Gasteiger partial charge in [0.05, 0.1) is 11.7 Å². The van der Waals surface area contributed by atoms with Crippen molar-refractivity contribution < 1.29 is 0 Å². The fourth-order valence-corrected chi connectivity index (χ4v) is 2.16. The number of nitrogen functional groups attached to an aromatic ring is 1. The Labute approximate surface area is 110 Å². The Balaban J connectivity index is 2.35. The lowest BCUT2D eigenvalue weighted by molar-refractivity contribution is 0.623. The van der Waals surface area contributed by atoms with Gasteiger partial charge in [0.2, 0.25) is 0 Å². The monoisotopic (exact) mass is 254 g/mol. The van der Waals surface area contributed by atoms with E-state index in [-0.39, 0.29) is 6.04 Å². The minimum Gasteiger partial charge on any atom is -0.382 e. The van der Waals surface area contributed by atoms with Crippen molar-refractivity contribution in [2.45, 2.75) is 19.9 Å². The van der Waals surface area contributed by atoms with E-state index in [4.69, 9.17) is 5.73 Å². The molecule has 0 saturated heterocycles. The van der Waals surface area contributed by atoms with Crippen molar-refractivity contribution in [3.05, 3.63) is 30.9 Å². The van der Waals surface area contributed by atoms with Gasteiger partial charge in [-0.05, 0) is 19.9 Å². The molecular formula is C13H14N6. The second-order valence-corrected chi connectivity index (χ2v) is 4.55. The van der Waals surface area contributed by atoms with Gasteiger partial charge in [-0.3, -0.25) is 4.98 Å². The number of imidazole rings is 1. The molecule has 0 spiro atoms. The van der Waals surface area contributed by atoms with Crippen LogP contribution in [0.2, 0.25) is 0 Å². The van der Waals surface area contributed by atoms with Crippen molar-refractivity contribution >= 4 is 16.9 Å². The van der Waals surface area contributed by atoms with Gasteiger partial charge in [-0.1, -0.05) is 0 Å². The van der Waals surface area contributed by atoms with E-state index in [1.807, 2.05) is 6.07 Å². The molecule has 3 aromatic rings. The van der Waals surface area contributed by atoms with E-state index in [1.54, 1.807) is 24.8 Å². The van der Waals surface area contributed by atoms with E-state index in [0.717, 1.165) is 16.9 Å². The topological polar surface area (TPSA) is 82.5 Å². The van der Waals surface area contributed by atoms with Gasteiger partial charge in [-0.25, -0.2) is 15.0 Å². The molecule has 0 bridgehead atoms. The molecule has 96 valence electrons. The standard InChI is InChI=1S/C13H14N6/c1-8(2)19-10-3-4-15-7-9(10)18-13(19)11-12(14)17-6-5-16-11/h3-8H,1-2H3,(H2,14,17). The third kappa shape index (κ3) is 1.81. The van der Waals surface area contributed by atoms with Gasteiger partial charge in [0, 0.05) is 24.6 Å². The first-order valence-electron chi connectivity index (χ1n) is 6.07. The molecule has 0 atom stereocenters. The van der Waals surface area contributed by atoms with E-state index in [2.05, 4.69) is 38.4 Å². The number of pyridine rings is 1. The van der Waals surface area contributed by atoms with E-state index in [0.29, 0.717) is 11.5 Å². The van der Waals surface area contributed by atoms with Crippen LogP contribution in [0.5, 0.6) is 0 Å². The number of anilines is 1. The zero-order valence-electron chi connectivity index (χ0n) is 10.8. The first-order valence-corrected chi connectivity index (χ1v) is 6.07. The number of nitrogens with zero attached hydrogens (tertiary/aromatic N) is 5. The van der Waals surface area contributed by atoms with Crippen LogP contribution in [0, 0.1) is 0 Å². The van der Waals surface area contributed by atoms with Crippen LogP contribution >= 0.6 is 0 Å². The van der Waals surface area contributed by atoms with Crippen LogP contribution in [-0.4, -0.2) is 24.5 Å². The minimum absolute atomic E-state index is 0.240. The van der Waals surface area contributed by atoms with E-state index in [9.17, 15) is 0 Å². The molecule has 3 rings (SSSR count). The van der Waals surface area contributed by atoms with Gasteiger partial charge in [-0.15, -0.1) is 0 Å². The molecule has 0 fully saturated rings. The average Bonchev–Trinajstić information content (AvgIpc) is 2.78. The van der Waals surface area contributed by atoms with Crippen LogP contribution in [0.4, 0.5) is 5.82 Å². The highest BCUT2D eigenvalue weighted by Crippen LogP contribution is 2.28. The first kappa shape index (κ1) is 11.6. The minimum atomic E-state index is 0.240. The fourth-order valence-electron chi connectivity index (χ4n) is 2.16. The van der Waals surface area contributed by atoms with E-state index < -0.39 is 0 Å². The van der Waals surface area contributed by atoms with Crippen LogP contribution in [0.1, 0.15) is 19.9 Å². The van der Waals surface area contributed by atoms with Crippen LogP contribution in [0.25, 0.3) is 22.6 Å². The second-order valence-electron chi connectivity index (χ2n) is 4.55. The summed E-state index contributed by atoms with van der Waals surface area (Å²) in [5, 5.41) is 0. The Hall–Kier alpha value is -2.50. The maximum absolute atomic E-state index is 5.90. The van der Waals surface area contributed by atoms with Gasteiger partial charge >= 0.3 is 0 Å². The normalized spacial score (nSPS) is 11.3. The highest BCUT2D eigenvalue weighted by molar-refractivity contribution is 5.81. The van der Waals surface area contributed by atoms with Crippen LogP contribution in [-0.2, 0) is 0 Å². The van der Waals surface area contributed by atoms with Crippen molar-refractivity contribution in [1.82, 2.24) is 24.5 Å². The Bertz CT molecular complexity index is 731. The molecule has 6 heteroatoms. The second kappa shape index (κ2) is 4.31. The molecule has 0 unspecified atom stereocenters. The highest BCUT2D eigenvalue weighted by Gasteiger charge is 2.18. The number of hydrogen-bond acceptors (Lipinski definition) is 5. The van der Waals surface area contributed by atoms with Crippen molar-refractivity contribution in [2.75, 3.05) is 5.73 Å². The molecular weight excluding hydrogens is 240 g/mol. The smallest absolute Gasteiger partial charge is 0.163 e. The van der Waals surface area contributed by atoms with Gasteiger partial charge in [0.1, 0.15) is 11.2 Å². The molecule has 2 N–H and O–H groups in total.